The summed E-state index contributed by atoms with van der Waals surface area (Å²) in [5.74, 6) is 0.137. The monoisotopic (exact) mass is 409 g/mol. The van der Waals surface area contributed by atoms with Crippen molar-refractivity contribution in [3.8, 4) is 28.1 Å². The molecule has 1 aliphatic rings. The van der Waals surface area contributed by atoms with Gasteiger partial charge in [-0.3, -0.25) is 9.48 Å². The molecule has 156 valence electrons. The predicted octanol–water partition coefficient (Wildman–Crippen LogP) is 4.16. The lowest BCUT2D eigenvalue weighted by Gasteiger charge is -2.19. The highest BCUT2D eigenvalue weighted by atomic mass is 19.1. The summed E-state index contributed by atoms with van der Waals surface area (Å²) < 4.78 is 20.9. The number of nitrogens with one attached hydrogen (secondary N) is 1. The topological polar surface area (TPSA) is 76.4 Å². The average molecular weight is 409 g/mol. The van der Waals surface area contributed by atoms with E-state index in [0.717, 1.165) is 34.5 Å². The SMILES string of the molecule is Cc1nn(CCCC(C)O)c(-c2ccc(F)cc2)c1-c1ccc2c(c1)NC(=O)CO2. The first-order chi connectivity index (χ1) is 14.4. The molecular weight excluding hydrogens is 385 g/mol. The lowest BCUT2D eigenvalue weighted by molar-refractivity contribution is -0.118. The van der Waals surface area contributed by atoms with Crippen molar-refractivity contribution in [1.82, 2.24) is 9.78 Å². The largest absolute Gasteiger partial charge is 0.482 e. The van der Waals surface area contributed by atoms with Gasteiger partial charge in [-0.25, -0.2) is 4.39 Å². The molecule has 0 spiro atoms. The van der Waals surface area contributed by atoms with Gasteiger partial charge in [-0.15, -0.1) is 0 Å². The Bertz CT molecular complexity index is 1070. The molecule has 0 saturated carbocycles. The third-order valence-electron chi connectivity index (χ3n) is 5.14. The van der Waals surface area contributed by atoms with Crippen LogP contribution in [0.25, 0.3) is 22.4 Å². The number of fused-ring (bicyclic) bond motifs is 1. The fourth-order valence-corrected chi connectivity index (χ4v) is 3.77. The van der Waals surface area contributed by atoms with Crippen molar-refractivity contribution in [3.63, 3.8) is 0 Å². The van der Waals surface area contributed by atoms with Crippen LogP contribution in [0.4, 0.5) is 10.1 Å². The zero-order valence-corrected chi connectivity index (χ0v) is 17.0. The minimum absolute atomic E-state index is 0.00736. The minimum Gasteiger partial charge on any atom is -0.482 e. The number of hydrogen-bond donors (Lipinski definition) is 2. The molecule has 2 heterocycles. The van der Waals surface area contributed by atoms with Crippen LogP contribution in [-0.2, 0) is 11.3 Å². The van der Waals surface area contributed by atoms with Gasteiger partial charge in [0.15, 0.2) is 6.61 Å². The highest BCUT2D eigenvalue weighted by Crippen LogP contribution is 2.39. The number of aromatic nitrogens is 2. The number of carbonyl (C=O) groups excluding carboxylic acids is 1. The summed E-state index contributed by atoms with van der Waals surface area (Å²) in [4.78, 5) is 11.7. The maximum absolute atomic E-state index is 13.5. The van der Waals surface area contributed by atoms with Gasteiger partial charge < -0.3 is 15.2 Å². The second-order valence-electron chi connectivity index (χ2n) is 7.58. The second-order valence-corrected chi connectivity index (χ2v) is 7.58. The molecule has 30 heavy (non-hydrogen) atoms. The van der Waals surface area contributed by atoms with Crippen molar-refractivity contribution >= 4 is 11.6 Å². The quantitative estimate of drug-likeness (QED) is 0.641. The van der Waals surface area contributed by atoms with Crippen LogP contribution < -0.4 is 10.1 Å². The first-order valence-corrected chi connectivity index (χ1v) is 10.0. The fraction of sp³-hybridized carbons (Fsp3) is 0.304. The zero-order chi connectivity index (χ0) is 21.3. The molecule has 0 aliphatic carbocycles. The Kier molecular flexibility index (Phi) is 5.55. The average Bonchev–Trinajstić information content (AvgIpc) is 3.03. The van der Waals surface area contributed by atoms with E-state index in [1.165, 1.54) is 12.1 Å². The first-order valence-electron chi connectivity index (χ1n) is 10.0. The Morgan fingerprint density at radius 1 is 1.23 bits per heavy atom. The molecule has 1 aromatic heterocycles. The standard InChI is InChI=1S/C23H24FN3O3/c1-14(28)4-3-11-27-23(16-5-8-18(24)9-6-16)22(15(2)26-27)17-7-10-20-19(12-17)25-21(29)13-30-20/h5-10,12,14,28H,3-4,11,13H2,1-2H3,(H,25,29). The van der Waals surface area contributed by atoms with Crippen molar-refractivity contribution in [3.05, 3.63) is 54.0 Å². The summed E-state index contributed by atoms with van der Waals surface area (Å²) in [5, 5.41) is 17.2. The van der Waals surface area contributed by atoms with E-state index in [1.54, 1.807) is 19.1 Å². The van der Waals surface area contributed by atoms with Crippen molar-refractivity contribution in [2.24, 2.45) is 0 Å². The van der Waals surface area contributed by atoms with E-state index in [1.807, 2.05) is 29.8 Å². The van der Waals surface area contributed by atoms with Gasteiger partial charge in [0.2, 0.25) is 0 Å². The Hall–Kier alpha value is -3.19. The van der Waals surface area contributed by atoms with E-state index in [0.29, 0.717) is 24.4 Å². The molecule has 2 aromatic carbocycles. The predicted molar refractivity (Wildman–Crippen MR) is 113 cm³/mol. The Labute approximate surface area is 174 Å². The Morgan fingerprint density at radius 2 is 1.97 bits per heavy atom. The number of hydrogen-bond acceptors (Lipinski definition) is 4. The van der Waals surface area contributed by atoms with Gasteiger partial charge in [0.25, 0.3) is 5.91 Å². The third-order valence-corrected chi connectivity index (χ3v) is 5.14. The van der Waals surface area contributed by atoms with Crippen molar-refractivity contribution in [1.29, 1.82) is 0 Å². The van der Waals surface area contributed by atoms with Gasteiger partial charge in [0.1, 0.15) is 11.6 Å². The van der Waals surface area contributed by atoms with E-state index >= 15 is 0 Å². The van der Waals surface area contributed by atoms with Crippen LogP contribution in [0.5, 0.6) is 5.75 Å². The number of ether oxygens (including phenoxy) is 1. The third kappa shape index (κ3) is 4.07. The molecule has 3 aromatic rings. The molecule has 0 fully saturated rings. The van der Waals surface area contributed by atoms with Crippen LogP contribution in [0, 0.1) is 12.7 Å². The molecule has 0 bridgehead atoms. The molecule has 7 heteroatoms. The van der Waals surface area contributed by atoms with Gasteiger partial charge in [0.05, 0.1) is 23.2 Å². The smallest absolute Gasteiger partial charge is 0.262 e. The number of rotatable bonds is 6. The molecule has 2 N–H and O–H groups in total. The maximum atomic E-state index is 13.5. The van der Waals surface area contributed by atoms with Crippen LogP contribution >= 0.6 is 0 Å². The van der Waals surface area contributed by atoms with Gasteiger partial charge in [-0.2, -0.15) is 5.10 Å². The van der Waals surface area contributed by atoms with Gasteiger partial charge in [-0.05, 0) is 68.7 Å². The number of anilines is 1. The highest BCUT2D eigenvalue weighted by molar-refractivity contribution is 5.97. The molecule has 4 rings (SSSR count). The maximum Gasteiger partial charge on any atom is 0.262 e. The highest BCUT2D eigenvalue weighted by Gasteiger charge is 2.22. The van der Waals surface area contributed by atoms with Crippen LogP contribution in [0.2, 0.25) is 0 Å². The second kappa shape index (κ2) is 8.28. The normalized spacial score (nSPS) is 14.1. The molecule has 6 nitrogen and oxygen atoms in total. The van der Waals surface area contributed by atoms with Crippen LogP contribution in [0.1, 0.15) is 25.5 Å². The van der Waals surface area contributed by atoms with E-state index < -0.39 is 0 Å². The molecule has 1 amide bonds. The molecule has 0 saturated heterocycles. The molecule has 1 unspecified atom stereocenters. The summed E-state index contributed by atoms with van der Waals surface area (Å²) in [5.41, 5.74) is 4.98. The number of nitrogens with zero attached hydrogens (tertiary/aromatic N) is 2. The van der Waals surface area contributed by atoms with E-state index in [2.05, 4.69) is 5.32 Å². The van der Waals surface area contributed by atoms with Crippen molar-refractivity contribution in [2.75, 3.05) is 11.9 Å². The number of aliphatic hydroxyl groups is 1. The lowest BCUT2D eigenvalue weighted by Crippen LogP contribution is -2.25. The van der Waals surface area contributed by atoms with Gasteiger partial charge in [-0.1, -0.05) is 6.07 Å². The number of halogens is 1. The van der Waals surface area contributed by atoms with Crippen LogP contribution in [0.15, 0.2) is 42.5 Å². The Balaban J connectivity index is 1.81. The number of carbonyl (C=O) groups is 1. The van der Waals surface area contributed by atoms with E-state index in [-0.39, 0.29) is 24.4 Å². The molecular formula is C23H24FN3O3. The van der Waals surface area contributed by atoms with Gasteiger partial charge >= 0.3 is 0 Å². The summed E-state index contributed by atoms with van der Waals surface area (Å²) in [6.45, 7) is 4.34. The number of aryl methyl sites for hydroxylation is 2. The summed E-state index contributed by atoms with van der Waals surface area (Å²) in [6, 6.07) is 12.0. The van der Waals surface area contributed by atoms with E-state index in [4.69, 9.17) is 9.84 Å². The minimum atomic E-state index is -0.375. The van der Waals surface area contributed by atoms with Crippen molar-refractivity contribution < 1.29 is 19.0 Å². The fourth-order valence-electron chi connectivity index (χ4n) is 3.77. The summed E-state index contributed by atoms with van der Waals surface area (Å²) >= 11 is 0. The first kappa shape index (κ1) is 20.1. The summed E-state index contributed by atoms with van der Waals surface area (Å²) in [6.07, 6.45) is 1.06. The molecule has 0 radical (unpaired) electrons. The summed E-state index contributed by atoms with van der Waals surface area (Å²) in [7, 11) is 0. The van der Waals surface area contributed by atoms with Gasteiger partial charge in [0, 0.05) is 17.7 Å². The Morgan fingerprint density at radius 3 is 2.70 bits per heavy atom. The van der Waals surface area contributed by atoms with Crippen LogP contribution in [-0.4, -0.2) is 33.5 Å². The zero-order valence-electron chi connectivity index (χ0n) is 17.0. The van der Waals surface area contributed by atoms with E-state index in [9.17, 15) is 14.3 Å². The van der Waals surface area contributed by atoms with Crippen molar-refractivity contribution in [2.45, 2.75) is 39.3 Å². The van der Waals surface area contributed by atoms with Crippen LogP contribution in [0.3, 0.4) is 0 Å². The number of benzene rings is 2. The number of amides is 1. The molecule has 1 aliphatic heterocycles. The number of aliphatic hydroxyl groups excluding tert-OH is 1. The lowest BCUT2D eigenvalue weighted by atomic mass is 9.98. The molecule has 1 atom stereocenters.